The lowest BCUT2D eigenvalue weighted by Gasteiger charge is -2.30. The number of hydrogen-bond donors (Lipinski definition) is 1. The number of hydrogen-bond acceptors (Lipinski definition) is 3. The molecule has 0 aliphatic heterocycles. The Morgan fingerprint density at radius 1 is 1.22 bits per heavy atom. The van der Waals surface area contributed by atoms with E-state index >= 15 is 0 Å². The van der Waals surface area contributed by atoms with E-state index in [-0.39, 0.29) is 17.9 Å². The number of rotatable bonds is 6. The summed E-state index contributed by atoms with van der Waals surface area (Å²) >= 11 is 6.10. The van der Waals surface area contributed by atoms with E-state index < -0.39 is 16.1 Å². The zero-order valence-corrected chi connectivity index (χ0v) is 16.0. The molecule has 1 aromatic rings. The van der Waals surface area contributed by atoms with Gasteiger partial charge in [-0.3, -0.25) is 9.10 Å². The summed E-state index contributed by atoms with van der Waals surface area (Å²) in [4.78, 5) is 12.4. The summed E-state index contributed by atoms with van der Waals surface area (Å²) in [5.41, 5.74) is 1.22. The fourth-order valence-corrected chi connectivity index (χ4v) is 3.38. The molecular weight excluding hydrogens is 336 g/mol. The molecule has 7 heteroatoms. The Balaban J connectivity index is 3.17. The number of nitrogens with one attached hydrogen (secondary N) is 1. The maximum atomic E-state index is 12.4. The highest BCUT2D eigenvalue weighted by Crippen LogP contribution is 2.26. The summed E-state index contributed by atoms with van der Waals surface area (Å²) in [5.74, 6) is -0.0834. The van der Waals surface area contributed by atoms with Crippen molar-refractivity contribution >= 4 is 33.2 Å². The molecule has 0 spiro atoms. The molecule has 0 saturated heterocycles. The number of sulfonamides is 1. The number of carbonyl (C=O) groups excluding carboxylic acids is 1. The van der Waals surface area contributed by atoms with Crippen LogP contribution in [-0.4, -0.2) is 32.7 Å². The van der Waals surface area contributed by atoms with E-state index in [1.54, 1.807) is 25.1 Å². The van der Waals surface area contributed by atoms with Crippen LogP contribution < -0.4 is 9.62 Å². The number of halogens is 1. The Kier molecular flexibility index (Phi) is 6.48. The number of benzene rings is 1. The fraction of sp³-hybridized carbons (Fsp3) is 0.562. The second-order valence-corrected chi connectivity index (χ2v) is 8.48. The van der Waals surface area contributed by atoms with Gasteiger partial charge in [-0.2, -0.15) is 0 Å². The van der Waals surface area contributed by atoms with Crippen LogP contribution in [0.3, 0.4) is 0 Å². The molecule has 0 saturated carbocycles. The van der Waals surface area contributed by atoms with Crippen molar-refractivity contribution in [3.8, 4) is 0 Å². The number of aryl methyl sites for hydroxylation is 1. The van der Waals surface area contributed by atoms with Crippen LogP contribution in [0.2, 0.25) is 5.02 Å². The van der Waals surface area contributed by atoms with E-state index in [1.165, 1.54) is 0 Å². The number of anilines is 1. The van der Waals surface area contributed by atoms with Crippen molar-refractivity contribution in [1.82, 2.24) is 5.32 Å². The monoisotopic (exact) mass is 360 g/mol. The molecule has 23 heavy (non-hydrogen) atoms. The molecule has 1 rings (SSSR count). The van der Waals surface area contributed by atoms with Crippen molar-refractivity contribution in [3.05, 3.63) is 28.8 Å². The molecule has 1 N–H and O–H groups in total. The topological polar surface area (TPSA) is 66.5 Å². The maximum absolute atomic E-state index is 12.4. The Hall–Kier alpha value is -1.27. The van der Waals surface area contributed by atoms with E-state index in [0.29, 0.717) is 10.7 Å². The van der Waals surface area contributed by atoms with Gasteiger partial charge >= 0.3 is 0 Å². The van der Waals surface area contributed by atoms with Crippen LogP contribution in [0.4, 0.5) is 5.69 Å². The number of amides is 1. The van der Waals surface area contributed by atoms with Crippen LogP contribution in [0.15, 0.2) is 18.2 Å². The molecule has 0 fully saturated rings. The first-order valence-electron chi connectivity index (χ1n) is 7.51. The smallest absolute Gasteiger partial charge is 0.243 e. The van der Waals surface area contributed by atoms with E-state index in [9.17, 15) is 13.2 Å². The number of nitrogens with zero attached hydrogens (tertiary/aromatic N) is 1. The van der Waals surface area contributed by atoms with Crippen molar-refractivity contribution < 1.29 is 13.2 Å². The third kappa shape index (κ3) is 5.11. The highest BCUT2D eigenvalue weighted by molar-refractivity contribution is 7.92. The Morgan fingerprint density at radius 3 is 2.22 bits per heavy atom. The van der Waals surface area contributed by atoms with Crippen molar-refractivity contribution in [2.45, 2.75) is 46.7 Å². The lowest BCUT2D eigenvalue weighted by Crippen LogP contribution is -2.50. The molecular formula is C16H25ClN2O3S. The van der Waals surface area contributed by atoms with Gasteiger partial charge in [0.1, 0.15) is 6.04 Å². The van der Waals surface area contributed by atoms with Gasteiger partial charge in [0.2, 0.25) is 15.9 Å². The summed E-state index contributed by atoms with van der Waals surface area (Å²) in [7, 11) is -3.63. The number of carbonyl (C=O) groups is 1. The largest absolute Gasteiger partial charge is 0.352 e. The zero-order chi connectivity index (χ0) is 17.9. The second kappa shape index (κ2) is 7.53. The molecule has 0 unspecified atom stereocenters. The second-order valence-electron chi connectivity index (χ2n) is 6.21. The molecule has 0 aromatic heterocycles. The highest BCUT2D eigenvalue weighted by Gasteiger charge is 2.30. The average Bonchev–Trinajstić information content (AvgIpc) is 2.41. The van der Waals surface area contributed by atoms with Crippen LogP contribution in [0, 0.1) is 12.8 Å². The first kappa shape index (κ1) is 19.8. The Bertz CT molecular complexity index is 674. The van der Waals surface area contributed by atoms with Gasteiger partial charge in [-0.15, -0.1) is 0 Å². The lowest BCUT2D eigenvalue weighted by molar-refractivity contribution is -0.122. The Morgan fingerprint density at radius 2 is 1.78 bits per heavy atom. The minimum absolute atomic E-state index is 0.0482. The predicted octanol–water partition coefficient (Wildman–Crippen LogP) is 2.96. The van der Waals surface area contributed by atoms with E-state index in [2.05, 4.69) is 5.32 Å². The zero-order valence-electron chi connectivity index (χ0n) is 14.4. The van der Waals surface area contributed by atoms with Crippen molar-refractivity contribution in [2.24, 2.45) is 5.92 Å². The molecule has 0 radical (unpaired) electrons. The molecule has 0 aliphatic carbocycles. The van der Waals surface area contributed by atoms with Crippen LogP contribution in [0.25, 0.3) is 0 Å². The van der Waals surface area contributed by atoms with Gasteiger partial charge in [-0.25, -0.2) is 8.42 Å². The molecule has 130 valence electrons. The van der Waals surface area contributed by atoms with Gasteiger partial charge in [0.25, 0.3) is 0 Å². The van der Waals surface area contributed by atoms with E-state index in [4.69, 9.17) is 11.6 Å². The van der Waals surface area contributed by atoms with Crippen LogP contribution >= 0.6 is 11.6 Å². The standard InChI is InChI=1S/C16H25ClN2O3S/c1-10(2)12(4)18-16(20)13(5)19(23(6,21)22)14-8-7-11(3)15(17)9-14/h7-10,12-13H,1-6H3,(H,18,20)/t12-,13-/m0/s1. The summed E-state index contributed by atoms with van der Waals surface area (Å²) < 4.78 is 25.5. The first-order valence-corrected chi connectivity index (χ1v) is 9.73. The van der Waals surface area contributed by atoms with Crippen LogP contribution in [0.5, 0.6) is 0 Å². The highest BCUT2D eigenvalue weighted by atomic mass is 35.5. The summed E-state index contributed by atoms with van der Waals surface area (Å²) in [5, 5.41) is 3.31. The van der Waals surface area contributed by atoms with Gasteiger partial charge in [-0.1, -0.05) is 31.5 Å². The van der Waals surface area contributed by atoms with Gasteiger partial charge in [0.15, 0.2) is 0 Å². The SMILES string of the molecule is Cc1ccc(N([C@@H](C)C(=O)N[C@@H](C)C(C)C)S(C)(=O)=O)cc1Cl. The minimum atomic E-state index is -3.63. The van der Waals surface area contributed by atoms with Crippen LogP contribution in [-0.2, 0) is 14.8 Å². The Labute approximate surface area is 144 Å². The summed E-state index contributed by atoms with van der Waals surface area (Å²) in [6.07, 6.45) is 1.08. The average molecular weight is 361 g/mol. The summed E-state index contributed by atoms with van der Waals surface area (Å²) in [6.45, 7) is 9.27. The van der Waals surface area contributed by atoms with Gasteiger partial charge in [0, 0.05) is 11.1 Å². The predicted molar refractivity (Wildman–Crippen MR) is 95.4 cm³/mol. The third-order valence-corrected chi connectivity index (χ3v) is 5.52. The quantitative estimate of drug-likeness (QED) is 0.848. The van der Waals surface area contributed by atoms with E-state index in [0.717, 1.165) is 16.1 Å². The van der Waals surface area contributed by atoms with Crippen molar-refractivity contribution in [1.29, 1.82) is 0 Å². The minimum Gasteiger partial charge on any atom is -0.352 e. The third-order valence-electron chi connectivity index (χ3n) is 3.87. The van der Waals surface area contributed by atoms with Crippen molar-refractivity contribution in [3.63, 3.8) is 0 Å². The van der Waals surface area contributed by atoms with E-state index in [1.807, 2.05) is 27.7 Å². The summed E-state index contributed by atoms with van der Waals surface area (Å²) in [6, 6.07) is 4.03. The molecule has 0 aliphatic rings. The molecule has 2 atom stereocenters. The normalized spacial score (nSPS) is 14.4. The lowest BCUT2D eigenvalue weighted by atomic mass is 10.1. The first-order chi connectivity index (χ1) is 10.4. The van der Waals surface area contributed by atoms with Gasteiger partial charge in [0.05, 0.1) is 11.9 Å². The fourth-order valence-electron chi connectivity index (χ4n) is 2.04. The van der Waals surface area contributed by atoms with Gasteiger partial charge in [-0.05, 0) is 44.4 Å². The molecule has 5 nitrogen and oxygen atoms in total. The molecule has 0 heterocycles. The maximum Gasteiger partial charge on any atom is 0.243 e. The van der Waals surface area contributed by atoms with Crippen molar-refractivity contribution in [2.75, 3.05) is 10.6 Å². The molecule has 1 amide bonds. The van der Waals surface area contributed by atoms with Crippen LogP contribution in [0.1, 0.15) is 33.3 Å². The molecule has 0 bridgehead atoms. The van der Waals surface area contributed by atoms with Gasteiger partial charge < -0.3 is 5.32 Å². The molecule has 1 aromatic carbocycles.